The number of likely N-dealkylation sites (tertiary alicyclic amines) is 2. The number of carbonyl (C=O) groups is 1. The van der Waals surface area contributed by atoms with E-state index in [9.17, 15) is 4.79 Å². The van der Waals surface area contributed by atoms with Gasteiger partial charge in [0.15, 0.2) is 0 Å². The van der Waals surface area contributed by atoms with Crippen molar-refractivity contribution in [2.45, 2.75) is 25.3 Å². The highest BCUT2D eigenvalue weighted by atomic mass is 16.2. The maximum Gasteiger partial charge on any atom is 0.227 e. The number of hydrogen-bond acceptors (Lipinski definition) is 3. The first kappa shape index (κ1) is 11.9. The molecule has 92 valence electrons. The zero-order chi connectivity index (χ0) is 11.5. The van der Waals surface area contributed by atoms with E-state index in [4.69, 9.17) is 0 Å². The minimum atomic E-state index is 0.252. The molecule has 2 rings (SSSR count). The molecule has 2 saturated heterocycles. The van der Waals surface area contributed by atoms with Gasteiger partial charge in [0, 0.05) is 25.7 Å². The van der Waals surface area contributed by atoms with Crippen LogP contribution in [0.4, 0.5) is 0 Å². The molecule has 0 saturated carbocycles. The Morgan fingerprint density at radius 1 is 1.38 bits per heavy atom. The lowest BCUT2D eigenvalue weighted by atomic mass is 10.1. The van der Waals surface area contributed by atoms with Gasteiger partial charge in [0.2, 0.25) is 5.91 Å². The molecule has 4 heteroatoms. The van der Waals surface area contributed by atoms with Crippen LogP contribution in [0.5, 0.6) is 0 Å². The second kappa shape index (κ2) is 5.15. The average molecular weight is 225 g/mol. The minimum absolute atomic E-state index is 0.252. The Bertz CT molecular complexity index is 257. The number of hydrogen-bond donors (Lipinski definition) is 1. The van der Waals surface area contributed by atoms with Gasteiger partial charge in [-0.1, -0.05) is 0 Å². The van der Waals surface area contributed by atoms with Gasteiger partial charge in [0.25, 0.3) is 0 Å². The molecule has 0 aromatic rings. The second-order valence-electron chi connectivity index (χ2n) is 5.13. The molecule has 0 aromatic carbocycles. The highest BCUT2D eigenvalue weighted by molar-refractivity contribution is 5.80. The summed E-state index contributed by atoms with van der Waals surface area (Å²) in [6.07, 6.45) is 3.37. The van der Waals surface area contributed by atoms with Gasteiger partial charge in [-0.2, -0.15) is 0 Å². The monoisotopic (exact) mass is 225 g/mol. The predicted molar refractivity (Wildman–Crippen MR) is 64.3 cm³/mol. The summed E-state index contributed by atoms with van der Waals surface area (Å²) in [4.78, 5) is 16.7. The van der Waals surface area contributed by atoms with Crippen LogP contribution >= 0.6 is 0 Å². The third-order valence-electron chi connectivity index (χ3n) is 3.84. The van der Waals surface area contributed by atoms with Crippen LogP contribution in [0.15, 0.2) is 0 Å². The molecule has 0 radical (unpaired) electrons. The molecule has 2 unspecified atom stereocenters. The molecule has 1 amide bonds. The van der Waals surface area contributed by atoms with E-state index >= 15 is 0 Å². The highest BCUT2D eigenvalue weighted by Crippen LogP contribution is 2.23. The van der Waals surface area contributed by atoms with Crippen LogP contribution in [0.1, 0.15) is 19.3 Å². The Labute approximate surface area is 98.0 Å². The smallest absolute Gasteiger partial charge is 0.227 e. The van der Waals surface area contributed by atoms with Crippen LogP contribution in [0.25, 0.3) is 0 Å². The number of nitrogens with zero attached hydrogens (tertiary/aromatic N) is 2. The lowest BCUT2D eigenvalue weighted by molar-refractivity contribution is -0.135. The molecule has 0 aromatic heterocycles. The number of amides is 1. The topological polar surface area (TPSA) is 35.6 Å². The van der Waals surface area contributed by atoms with Crippen molar-refractivity contribution in [1.29, 1.82) is 0 Å². The summed E-state index contributed by atoms with van der Waals surface area (Å²) in [5.41, 5.74) is 0. The Hall–Kier alpha value is -0.610. The molecular weight excluding hydrogens is 202 g/mol. The van der Waals surface area contributed by atoms with Gasteiger partial charge in [0.05, 0.1) is 5.92 Å². The van der Waals surface area contributed by atoms with Gasteiger partial charge in [-0.25, -0.2) is 0 Å². The maximum absolute atomic E-state index is 12.3. The Morgan fingerprint density at radius 2 is 2.19 bits per heavy atom. The minimum Gasteiger partial charge on any atom is -0.338 e. The number of rotatable bonds is 3. The summed E-state index contributed by atoms with van der Waals surface area (Å²) in [5.74, 6) is 0.643. The van der Waals surface area contributed by atoms with Gasteiger partial charge >= 0.3 is 0 Å². The number of nitrogens with one attached hydrogen (secondary N) is 1. The Kier molecular flexibility index (Phi) is 3.82. The molecule has 2 atom stereocenters. The van der Waals surface area contributed by atoms with Crippen molar-refractivity contribution >= 4 is 5.91 Å². The fourth-order valence-corrected chi connectivity index (χ4v) is 2.94. The van der Waals surface area contributed by atoms with Crippen LogP contribution in [0.2, 0.25) is 0 Å². The van der Waals surface area contributed by atoms with Crippen molar-refractivity contribution in [2.24, 2.45) is 5.92 Å². The molecule has 0 bridgehead atoms. The van der Waals surface area contributed by atoms with Crippen molar-refractivity contribution in [2.75, 3.05) is 40.3 Å². The number of carbonyl (C=O) groups excluding carboxylic acids is 1. The average Bonchev–Trinajstić information content (AvgIpc) is 2.87. The standard InChI is InChI=1S/C12H23N3O/c1-13-8-11-4-3-6-15(11)12(16)10-5-7-14(2)9-10/h10-11,13H,3-9H2,1-2H3. The third kappa shape index (κ3) is 2.38. The van der Waals surface area contributed by atoms with Crippen molar-refractivity contribution in [1.82, 2.24) is 15.1 Å². The predicted octanol–water partition coefficient (Wildman–Crippen LogP) is 0.149. The van der Waals surface area contributed by atoms with Gasteiger partial charge in [-0.15, -0.1) is 0 Å². The van der Waals surface area contributed by atoms with Gasteiger partial charge in [-0.05, 0) is 39.9 Å². The fraction of sp³-hybridized carbons (Fsp3) is 0.917. The van der Waals surface area contributed by atoms with Gasteiger partial charge in [0.1, 0.15) is 0 Å². The summed E-state index contributed by atoms with van der Waals surface area (Å²) < 4.78 is 0. The summed E-state index contributed by atoms with van der Waals surface area (Å²) in [7, 11) is 4.06. The Balaban J connectivity index is 1.93. The lowest BCUT2D eigenvalue weighted by Gasteiger charge is -2.27. The van der Waals surface area contributed by atoms with E-state index in [1.807, 2.05) is 7.05 Å². The van der Waals surface area contributed by atoms with E-state index in [-0.39, 0.29) is 5.92 Å². The molecular formula is C12H23N3O. The van der Waals surface area contributed by atoms with Crippen molar-refractivity contribution < 1.29 is 4.79 Å². The zero-order valence-electron chi connectivity index (χ0n) is 10.4. The summed E-state index contributed by atoms with van der Waals surface area (Å²) >= 11 is 0. The molecule has 4 nitrogen and oxygen atoms in total. The maximum atomic E-state index is 12.3. The van der Waals surface area contributed by atoms with E-state index < -0.39 is 0 Å². The van der Waals surface area contributed by atoms with Crippen LogP contribution in [-0.4, -0.2) is 62.0 Å². The molecule has 2 aliphatic heterocycles. The number of likely N-dealkylation sites (N-methyl/N-ethyl adjacent to an activating group) is 1. The van der Waals surface area contributed by atoms with Crippen molar-refractivity contribution in [3.8, 4) is 0 Å². The summed E-state index contributed by atoms with van der Waals surface area (Å²) in [6, 6.07) is 0.434. The van der Waals surface area contributed by atoms with E-state index in [0.717, 1.165) is 39.0 Å². The first-order chi connectivity index (χ1) is 7.72. The van der Waals surface area contributed by atoms with E-state index in [1.54, 1.807) is 0 Å². The summed E-state index contributed by atoms with van der Waals surface area (Å²) in [5, 5.41) is 3.19. The van der Waals surface area contributed by atoms with Crippen LogP contribution in [0, 0.1) is 5.92 Å². The fourth-order valence-electron chi connectivity index (χ4n) is 2.94. The first-order valence-corrected chi connectivity index (χ1v) is 6.36. The van der Waals surface area contributed by atoms with Crippen LogP contribution < -0.4 is 5.32 Å². The lowest BCUT2D eigenvalue weighted by Crippen LogP contribution is -2.44. The van der Waals surface area contributed by atoms with Crippen molar-refractivity contribution in [3.05, 3.63) is 0 Å². The molecule has 2 heterocycles. The molecule has 0 aliphatic carbocycles. The van der Waals surface area contributed by atoms with Gasteiger partial charge in [-0.3, -0.25) is 4.79 Å². The SMILES string of the molecule is CNCC1CCCN1C(=O)C1CCN(C)C1. The highest BCUT2D eigenvalue weighted by Gasteiger charge is 2.35. The van der Waals surface area contributed by atoms with E-state index in [1.165, 1.54) is 6.42 Å². The Morgan fingerprint density at radius 3 is 2.81 bits per heavy atom. The zero-order valence-corrected chi connectivity index (χ0v) is 10.4. The molecule has 16 heavy (non-hydrogen) atoms. The molecule has 2 aliphatic rings. The first-order valence-electron chi connectivity index (χ1n) is 6.36. The molecule has 2 fully saturated rings. The second-order valence-corrected chi connectivity index (χ2v) is 5.13. The van der Waals surface area contributed by atoms with E-state index in [2.05, 4.69) is 22.2 Å². The van der Waals surface area contributed by atoms with E-state index in [0.29, 0.717) is 11.9 Å². The normalized spacial score (nSPS) is 31.2. The van der Waals surface area contributed by atoms with Crippen LogP contribution in [0.3, 0.4) is 0 Å². The third-order valence-corrected chi connectivity index (χ3v) is 3.84. The molecule has 1 N–H and O–H groups in total. The summed E-state index contributed by atoms with van der Waals surface area (Å²) in [6.45, 7) is 3.92. The van der Waals surface area contributed by atoms with Crippen molar-refractivity contribution in [3.63, 3.8) is 0 Å². The molecule has 0 spiro atoms. The van der Waals surface area contributed by atoms with Gasteiger partial charge < -0.3 is 15.1 Å². The quantitative estimate of drug-likeness (QED) is 0.742. The largest absolute Gasteiger partial charge is 0.338 e. The van der Waals surface area contributed by atoms with Crippen LogP contribution in [-0.2, 0) is 4.79 Å².